The van der Waals surface area contributed by atoms with Gasteiger partial charge in [0, 0.05) is 24.9 Å². The van der Waals surface area contributed by atoms with E-state index >= 15 is 0 Å². The molecule has 0 N–H and O–H groups in total. The van der Waals surface area contributed by atoms with Crippen LogP contribution < -0.4 is 4.90 Å². The predicted molar refractivity (Wildman–Crippen MR) is 87.7 cm³/mol. The van der Waals surface area contributed by atoms with Crippen molar-refractivity contribution in [2.45, 2.75) is 38.3 Å². The van der Waals surface area contributed by atoms with Gasteiger partial charge in [0.1, 0.15) is 11.5 Å². The molecule has 0 saturated heterocycles. The van der Waals surface area contributed by atoms with Crippen LogP contribution >= 0.6 is 0 Å². The number of halogens is 2. The van der Waals surface area contributed by atoms with Crippen LogP contribution in [0.25, 0.3) is 5.69 Å². The first kappa shape index (κ1) is 18.3. The van der Waals surface area contributed by atoms with E-state index in [9.17, 15) is 17.2 Å². The third kappa shape index (κ3) is 3.40. The fraction of sp³-hybridized carbons (Fsp3) is 0.467. The highest BCUT2D eigenvalue weighted by molar-refractivity contribution is 7.90. The number of alkyl halides is 2. The second kappa shape index (κ2) is 6.46. The molecule has 0 aliphatic rings. The minimum atomic E-state index is -3.43. The largest absolute Gasteiger partial charge is 0.357 e. The number of hydrogen-bond donors (Lipinski definition) is 0. The summed E-state index contributed by atoms with van der Waals surface area (Å²) in [6, 6.07) is 2.90. The molecule has 132 valence electrons. The van der Waals surface area contributed by atoms with Crippen LogP contribution in [0.1, 0.15) is 31.5 Å². The zero-order valence-electron chi connectivity index (χ0n) is 14.2. The molecule has 0 unspecified atom stereocenters. The van der Waals surface area contributed by atoms with Gasteiger partial charge in [-0.15, -0.1) is 0 Å². The van der Waals surface area contributed by atoms with Gasteiger partial charge in [-0.05, 0) is 32.9 Å². The highest BCUT2D eigenvalue weighted by Gasteiger charge is 2.25. The molecule has 0 aliphatic heterocycles. The number of anilines is 1. The molecule has 9 heteroatoms. The highest BCUT2D eigenvalue weighted by atomic mass is 32.2. The molecule has 0 aliphatic carbocycles. The number of rotatable bonds is 5. The van der Waals surface area contributed by atoms with Crippen LogP contribution in [0.3, 0.4) is 0 Å². The molecule has 2 rings (SSSR count). The van der Waals surface area contributed by atoms with Crippen molar-refractivity contribution in [3.63, 3.8) is 0 Å². The molecule has 0 bridgehead atoms. The zero-order chi connectivity index (χ0) is 18.2. The smallest absolute Gasteiger partial charge is 0.282 e. The van der Waals surface area contributed by atoms with Crippen molar-refractivity contribution in [1.82, 2.24) is 14.8 Å². The first-order valence-electron chi connectivity index (χ1n) is 7.31. The summed E-state index contributed by atoms with van der Waals surface area (Å²) in [6.45, 7) is 5.46. The van der Waals surface area contributed by atoms with E-state index in [4.69, 9.17) is 0 Å². The average molecular weight is 358 g/mol. The van der Waals surface area contributed by atoms with Crippen molar-refractivity contribution < 1.29 is 17.2 Å². The van der Waals surface area contributed by atoms with Gasteiger partial charge in [-0.25, -0.2) is 26.9 Å². The molecule has 2 aromatic rings. The second-order valence-electron chi connectivity index (χ2n) is 5.88. The number of nitrogens with zero attached hydrogens (tertiary/aromatic N) is 4. The van der Waals surface area contributed by atoms with Crippen LogP contribution in [0.4, 0.5) is 14.6 Å². The average Bonchev–Trinajstić information content (AvgIpc) is 2.83. The fourth-order valence-electron chi connectivity index (χ4n) is 2.27. The Morgan fingerprint density at radius 3 is 2.29 bits per heavy atom. The summed E-state index contributed by atoms with van der Waals surface area (Å²) in [7, 11) is -1.64. The molecule has 0 fully saturated rings. The van der Waals surface area contributed by atoms with Crippen LogP contribution in [-0.4, -0.2) is 42.5 Å². The van der Waals surface area contributed by atoms with Crippen LogP contribution in [0.15, 0.2) is 23.4 Å². The van der Waals surface area contributed by atoms with Gasteiger partial charge in [-0.3, -0.25) is 0 Å². The van der Waals surface area contributed by atoms with E-state index in [2.05, 4.69) is 10.1 Å². The Kier molecular flexibility index (Phi) is 4.93. The maximum absolute atomic E-state index is 13.2. The third-order valence-electron chi connectivity index (χ3n) is 3.79. The summed E-state index contributed by atoms with van der Waals surface area (Å²) in [5, 5.41) is 3.93. The SMILES string of the molecule is Cc1c(C(F)F)nn(-c2ccc(S(C)(=O)=O)nc2)c1N(C)C(C)C. The van der Waals surface area contributed by atoms with Gasteiger partial charge in [-0.1, -0.05) is 0 Å². The summed E-state index contributed by atoms with van der Waals surface area (Å²) in [4.78, 5) is 5.73. The molecule has 6 nitrogen and oxygen atoms in total. The second-order valence-corrected chi connectivity index (χ2v) is 7.84. The first-order chi connectivity index (χ1) is 11.0. The molecule has 2 aromatic heterocycles. The molecule has 0 amide bonds. The van der Waals surface area contributed by atoms with Crippen LogP contribution in [0.2, 0.25) is 0 Å². The van der Waals surface area contributed by atoms with Crippen LogP contribution in [0.5, 0.6) is 0 Å². The Morgan fingerprint density at radius 1 is 1.25 bits per heavy atom. The lowest BCUT2D eigenvalue weighted by Crippen LogP contribution is -2.28. The Morgan fingerprint density at radius 2 is 1.88 bits per heavy atom. The molecule has 2 heterocycles. The molecule has 0 atom stereocenters. The molecule has 0 radical (unpaired) electrons. The fourth-order valence-corrected chi connectivity index (χ4v) is 2.83. The highest BCUT2D eigenvalue weighted by Crippen LogP contribution is 2.32. The lowest BCUT2D eigenvalue weighted by Gasteiger charge is -2.25. The van der Waals surface area contributed by atoms with E-state index in [1.165, 1.54) is 23.0 Å². The van der Waals surface area contributed by atoms with E-state index in [1.54, 1.807) is 14.0 Å². The van der Waals surface area contributed by atoms with Gasteiger partial charge < -0.3 is 4.90 Å². The first-order valence-corrected chi connectivity index (χ1v) is 9.20. The van der Waals surface area contributed by atoms with Gasteiger partial charge >= 0.3 is 0 Å². The third-order valence-corrected chi connectivity index (χ3v) is 4.79. The quantitative estimate of drug-likeness (QED) is 0.822. The number of aromatic nitrogens is 3. The van der Waals surface area contributed by atoms with E-state index in [0.29, 0.717) is 17.1 Å². The number of sulfone groups is 1. The van der Waals surface area contributed by atoms with Crippen molar-refractivity contribution in [2.24, 2.45) is 0 Å². The molecule has 0 aromatic carbocycles. The number of hydrogen-bond acceptors (Lipinski definition) is 5. The number of pyridine rings is 1. The minimum Gasteiger partial charge on any atom is -0.357 e. The molecule has 24 heavy (non-hydrogen) atoms. The molecular formula is C15H20F2N4O2S. The summed E-state index contributed by atoms with van der Waals surface area (Å²) in [5.74, 6) is 0.522. The van der Waals surface area contributed by atoms with Crippen LogP contribution in [0, 0.1) is 6.92 Å². The molecular weight excluding hydrogens is 338 g/mol. The standard InChI is InChI=1S/C15H20F2N4O2S/c1-9(2)20(4)15-10(3)13(14(16)17)19-21(15)11-6-7-12(18-8-11)24(5,22)23/h6-9,14H,1-5H3. The summed E-state index contributed by atoms with van der Waals surface area (Å²) >= 11 is 0. The van der Waals surface area contributed by atoms with Gasteiger partial charge in [0.15, 0.2) is 14.9 Å². The van der Waals surface area contributed by atoms with E-state index in [1.807, 2.05) is 18.7 Å². The van der Waals surface area contributed by atoms with Crippen molar-refractivity contribution >= 4 is 15.7 Å². The van der Waals surface area contributed by atoms with E-state index in [0.717, 1.165) is 6.26 Å². The van der Waals surface area contributed by atoms with Crippen molar-refractivity contribution in [2.75, 3.05) is 18.2 Å². The Balaban J connectivity index is 2.62. The van der Waals surface area contributed by atoms with Crippen molar-refractivity contribution in [1.29, 1.82) is 0 Å². The van der Waals surface area contributed by atoms with E-state index < -0.39 is 16.3 Å². The van der Waals surface area contributed by atoms with Gasteiger partial charge in [0.2, 0.25) is 0 Å². The lowest BCUT2D eigenvalue weighted by atomic mass is 10.2. The summed E-state index contributed by atoms with van der Waals surface area (Å²) < 4.78 is 50.8. The Labute approximate surface area is 140 Å². The monoisotopic (exact) mass is 358 g/mol. The van der Waals surface area contributed by atoms with Gasteiger partial charge in [0.05, 0.1) is 11.9 Å². The normalized spacial score (nSPS) is 12.2. The summed E-state index contributed by atoms with van der Waals surface area (Å²) in [6.07, 6.45) is -0.329. The minimum absolute atomic E-state index is 0.0629. The topological polar surface area (TPSA) is 68.1 Å². The zero-order valence-corrected chi connectivity index (χ0v) is 15.0. The predicted octanol–water partition coefficient (Wildman–Crippen LogP) is 2.76. The maximum Gasteiger partial charge on any atom is 0.282 e. The van der Waals surface area contributed by atoms with E-state index in [-0.39, 0.29) is 16.8 Å². The van der Waals surface area contributed by atoms with Gasteiger partial charge in [0.25, 0.3) is 6.43 Å². The van der Waals surface area contributed by atoms with Crippen molar-refractivity contribution in [3.8, 4) is 5.69 Å². The van der Waals surface area contributed by atoms with Crippen LogP contribution in [-0.2, 0) is 9.84 Å². The maximum atomic E-state index is 13.2. The lowest BCUT2D eigenvalue weighted by molar-refractivity contribution is 0.145. The summed E-state index contributed by atoms with van der Waals surface area (Å²) in [5.41, 5.74) is 0.498. The molecule has 0 spiro atoms. The molecule has 0 saturated carbocycles. The van der Waals surface area contributed by atoms with Gasteiger partial charge in [-0.2, -0.15) is 5.10 Å². The Hall–Kier alpha value is -2.03. The van der Waals surface area contributed by atoms with Crippen molar-refractivity contribution in [3.05, 3.63) is 29.6 Å². The Bertz CT molecular complexity index is 830.